The molecule has 1 aromatic heterocycles. The van der Waals surface area contributed by atoms with Crippen molar-refractivity contribution < 1.29 is 9.90 Å². The number of benzene rings is 1. The minimum absolute atomic E-state index is 0.0754. The molecule has 2 aliphatic heterocycles. The minimum atomic E-state index is -0.126. The number of aromatic hydroxyl groups is 1. The molecule has 2 aliphatic rings. The van der Waals surface area contributed by atoms with E-state index in [1.807, 2.05) is 6.07 Å². The Labute approximate surface area is 120 Å². The largest absolute Gasteiger partial charge is 0.507 e. The number of carbonyl (C=O) groups is 1. The second-order valence-electron chi connectivity index (χ2n) is 5.07. The van der Waals surface area contributed by atoms with Crippen LogP contribution in [0.25, 0.3) is 11.3 Å². The molecule has 1 saturated heterocycles. The Bertz CT molecular complexity index is 733. The third-order valence-electron chi connectivity index (χ3n) is 3.79. The van der Waals surface area contributed by atoms with Gasteiger partial charge in [-0.25, -0.2) is 4.79 Å². The Morgan fingerprint density at radius 2 is 2.00 bits per heavy atom. The Hall–Kier alpha value is -2.83. The highest BCUT2D eigenvalue weighted by Crippen LogP contribution is 2.35. The molecule has 0 bridgehead atoms. The standard InChI is InChI=1S/C14H13N5O2/c20-12-4-2-1-3-9(12)10-5-11-13(18-17-10)15-6-8-7-16-14(21)19(8)11/h1-5,8,20H,6-7H2,(H,15,18)(H,16,21). The van der Waals surface area contributed by atoms with Gasteiger partial charge in [0.05, 0.1) is 17.4 Å². The van der Waals surface area contributed by atoms with E-state index in [-0.39, 0.29) is 17.8 Å². The van der Waals surface area contributed by atoms with E-state index in [1.165, 1.54) is 0 Å². The van der Waals surface area contributed by atoms with Crippen molar-refractivity contribution >= 4 is 17.5 Å². The van der Waals surface area contributed by atoms with Crippen LogP contribution in [0, 0.1) is 0 Å². The highest BCUT2D eigenvalue weighted by atomic mass is 16.3. The fraction of sp³-hybridized carbons (Fsp3) is 0.214. The molecule has 7 nitrogen and oxygen atoms in total. The number of hydrogen-bond acceptors (Lipinski definition) is 5. The molecule has 1 atom stereocenters. The van der Waals surface area contributed by atoms with Gasteiger partial charge in [-0.3, -0.25) is 4.90 Å². The number of carbonyl (C=O) groups excluding carboxylic acids is 1. The Morgan fingerprint density at radius 1 is 1.19 bits per heavy atom. The number of urea groups is 1. The number of hydrogen-bond donors (Lipinski definition) is 3. The van der Waals surface area contributed by atoms with Crippen molar-refractivity contribution in [3.8, 4) is 17.0 Å². The molecule has 0 saturated carbocycles. The summed E-state index contributed by atoms with van der Waals surface area (Å²) in [6, 6.07) is 8.66. The van der Waals surface area contributed by atoms with Crippen molar-refractivity contribution in [3.63, 3.8) is 0 Å². The van der Waals surface area contributed by atoms with Crippen LogP contribution in [0.2, 0.25) is 0 Å². The van der Waals surface area contributed by atoms with E-state index in [0.717, 1.165) is 0 Å². The molecule has 0 radical (unpaired) electrons. The van der Waals surface area contributed by atoms with Crippen LogP contribution in [0.15, 0.2) is 30.3 Å². The predicted octanol–water partition coefficient (Wildman–Crippen LogP) is 1.17. The minimum Gasteiger partial charge on any atom is -0.507 e. The molecule has 2 aromatic rings. The lowest BCUT2D eigenvalue weighted by molar-refractivity contribution is 0.251. The van der Waals surface area contributed by atoms with E-state index in [4.69, 9.17) is 0 Å². The van der Waals surface area contributed by atoms with Crippen molar-refractivity contribution in [2.45, 2.75) is 6.04 Å². The van der Waals surface area contributed by atoms with Gasteiger partial charge in [0, 0.05) is 18.7 Å². The summed E-state index contributed by atoms with van der Waals surface area (Å²) < 4.78 is 0. The van der Waals surface area contributed by atoms with Crippen LogP contribution >= 0.6 is 0 Å². The number of fused-ring (bicyclic) bond motifs is 3. The van der Waals surface area contributed by atoms with E-state index >= 15 is 0 Å². The normalized spacial score (nSPS) is 19.5. The molecule has 7 heteroatoms. The maximum Gasteiger partial charge on any atom is 0.322 e. The van der Waals surface area contributed by atoms with Gasteiger partial charge in [-0.2, -0.15) is 0 Å². The van der Waals surface area contributed by atoms with Crippen LogP contribution < -0.4 is 15.5 Å². The van der Waals surface area contributed by atoms with Gasteiger partial charge in [0.25, 0.3) is 0 Å². The first-order chi connectivity index (χ1) is 10.2. The van der Waals surface area contributed by atoms with Crippen molar-refractivity contribution in [1.29, 1.82) is 0 Å². The number of para-hydroxylation sites is 1. The quantitative estimate of drug-likeness (QED) is 0.731. The first kappa shape index (κ1) is 12.0. The number of amides is 2. The lowest BCUT2D eigenvalue weighted by Gasteiger charge is -2.30. The number of phenolic OH excluding ortho intramolecular Hbond substituents is 1. The molecule has 1 unspecified atom stereocenters. The monoisotopic (exact) mass is 283 g/mol. The molecule has 3 heterocycles. The van der Waals surface area contributed by atoms with Gasteiger partial charge in [0.2, 0.25) is 0 Å². The Balaban J connectivity index is 1.84. The van der Waals surface area contributed by atoms with E-state index in [2.05, 4.69) is 20.8 Å². The molecule has 4 rings (SSSR count). The fourth-order valence-electron chi connectivity index (χ4n) is 2.74. The second kappa shape index (κ2) is 4.34. The summed E-state index contributed by atoms with van der Waals surface area (Å²) >= 11 is 0. The Morgan fingerprint density at radius 3 is 2.86 bits per heavy atom. The zero-order valence-corrected chi connectivity index (χ0v) is 11.1. The summed E-state index contributed by atoms with van der Waals surface area (Å²) in [5.41, 5.74) is 1.82. The van der Waals surface area contributed by atoms with Gasteiger partial charge in [-0.05, 0) is 18.2 Å². The van der Waals surface area contributed by atoms with E-state index in [0.29, 0.717) is 35.9 Å². The third kappa shape index (κ3) is 1.78. The average Bonchev–Trinajstić information content (AvgIpc) is 2.89. The van der Waals surface area contributed by atoms with Gasteiger partial charge in [0.1, 0.15) is 5.75 Å². The third-order valence-corrected chi connectivity index (χ3v) is 3.79. The number of nitrogens with zero attached hydrogens (tertiary/aromatic N) is 3. The van der Waals surface area contributed by atoms with Crippen LogP contribution in [-0.2, 0) is 0 Å². The van der Waals surface area contributed by atoms with Gasteiger partial charge in [-0.1, -0.05) is 12.1 Å². The molecule has 1 aromatic carbocycles. The highest BCUT2D eigenvalue weighted by Gasteiger charge is 2.37. The van der Waals surface area contributed by atoms with Crippen LogP contribution in [-0.4, -0.2) is 40.5 Å². The SMILES string of the molecule is O=C1NCC2CNc3nnc(-c4ccccc4O)cc3N12. The fourth-order valence-corrected chi connectivity index (χ4v) is 2.74. The number of rotatable bonds is 1. The summed E-state index contributed by atoms with van der Waals surface area (Å²) in [6.07, 6.45) is 0. The second-order valence-corrected chi connectivity index (χ2v) is 5.07. The van der Waals surface area contributed by atoms with E-state index in [9.17, 15) is 9.90 Å². The molecule has 106 valence electrons. The first-order valence-electron chi connectivity index (χ1n) is 6.71. The van der Waals surface area contributed by atoms with Crippen LogP contribution in [0.1, 0.15) is 0 Å². The zero-order valence-electron chi connectivity index (χ0n) is 11.1. The van der Waals surface area contributed by atoms with Gasteiger partial charge < -0.3 is 15.7 Å². The number of phenols is 1. The molecule has 0 aliphatic carbocycles. The van der Waals surface area contributed by atoms with Crippen molar-refractivity contribution in [2.75, 3.05) is 23.3 Å². The lowest BCUT2D eigenvalue weighted by atomic mass is 10.1. The number of aromatic nitrogens is 2. The summed E-state index contributed by atoms with van der Waals surface area (Å²) in [5.74, 6) is 0.723. The van der Waals surface area contributed by atoms with Gasteiger partial charge >= 0.3 is 6.03 Å². The smallest absolute Gasteiger partial charge is 0.322 e. The average molecular weight is 283 g/mol. The van der Waals surface area contributed by atoms with Gasteiger partial charge in [-0.15, -0.1) is 10.2 Å². The molecule has 1 fully saturated rings. The topological polar surface area (TPSA) is 90.4 Å². The Kier molecular flexibility index (Phi) is 2.47. The lowest BCUT2D eigenvalue weighted by Crippen LogP contribution is -2.43. The van der Waals surface area contributed by atoms with Crippen molar-refractivity contribution in [3.05, 3.63) is 30.3 Å². The maximum absolute atomic E-state index is 12.0. The van der Waals surface area contributed by atoms with E-state index < -0.39 is 0 Å². The van der Waals surface area contributed by atoms with Crippen molar-refractivity contribution in [2.24, 2.45) is 0 Å². The molecular formula is C14H13N5O2. The maximum atomic E-state index is 12.0. The summed E-state index contributed by atoms with van der Waals surface area (Å²) in [6.45, 7) is 1.26. The molecule has 3 N–H and O–H groups in total. The number of anilines is 2. The van der Waals surface area contributed by atoms with Crippen LogP contribution in [0.5, 0.6) is 5.75 Å². The van der Waals surface area contributed by atoms with Crippen molar-refractivity contribution in [1.82, 2.24) is 15.5 Å². The summed E-state index contributed by atoms with van der Waals surface area (Å²) in [5, 5.41) is 24.2. The molecule has 21 heavy (non-hydrogen) atoms. The molecule has 2 amide bonds. The zero-order chi connectivity index (χ0) is 14.4. The molecule has 0 spiro atoms. The summed E-state index contributed by atoms with van der Waals surface area (Å²) in [7, 11) is 0. The highest BCUT2D eigenvalue weighted by molar-refractivity contribution is 5.99. The van der Waals surface area contributed by atoms with Crippen LogP contribution in [0.3, 0.4) is 0 Å². The summed E-state index contributed by atoms with van der Waals surface area (Å²) in [4.78, 5) is 13.7. The van der Waals surface area contributed by atoms with E-state index in [1.54, 1.807) is 29.2 Å². The molecular weight excluding hydrogens is 270 g/mol. The van der Waals surface area contributed by atoms with Crippen LogP contribution in [0.4, 0.5) is 16.3 Å². The van der Waals surface area contributed by atoms with Gasteiger partial charge in [0.15, 0.2) is 5.82 Å². The first-order valence-corrected chi connectivity index (χ1v) is 6.71. The number of nitrogens with one attached hydrogen (secondary N) is 2. The predicted molar refractivity (Wildman–Crippen MR) is 77.3 cm³/mol.